The van der Waals surface area contributed by atoms with Gasteiger partial charge >= 0.3 is 0 Å². The normalized spacial score (nSPS) is 16.0. The van der Waals surface area contributed by atoms with Crippen LogP contribution >= 0.6 is 0 Å². The Kier molecular flexibility index (Phi) is 5.00. The van der Waals surface area contributed by atoms with Crippen molar-refractivity contribution >= 4 is 0 Å². The third-order valence-electron chi connectivity index (χ3n) is 5.06. The van der Waals surface area contributed by atoms with Gasteiger partial charge in [0.2, 0.25) is 0 Å². The maximum Gasteiger partial charge on any atom is 0.146 e. The van der Waals surface area contributed by atoms with E-state index in [2.05, 4.69) is 47.9 Å². The molecule has 1 aromatic heterocycles. The first-order valence-electron chi connectivity index (χ1n) is 9.38. The van der Waals surface area contributed by atoms with Crippen LogP contribution in [-0.2, 0) is 11.4 Å². The van der Waals surface area contributed by atoms with Crippen molar-refractivity contribution < 1.29 is 4.84 Å². The second-order valence-corrected chi connectivity index (χ2v) is 6.80. The van der Waals surface area contributed by atoms with Crippen molar-refractivity contribution in [3.05, 3.63) is 101 Å². The Morgan fingerprint density at radius 3 is 2.71 bits per heavy atom. The Labute approximate surface area is 164 Å². The lowest BCUT2D eigenvalue weighted by molar-refractivity contribution is 0.0868. The summed E-state index contributed by atoms with van der Waals surface area (Å²) in [6.45, 7) is 4.45. The molecule has 1 heterocycles. The van der Waals surface area contributed by atoms with E-state index in [0.717, 1.165) is 11.2 Å². The second kappa shape index (κ2) is 7.74. The molecule has 1 atom stereocenters. The van der Waals surface area contributed by atoms with Crippen molar-refractivity contribution in [2.24, 2.45) is 4.99 Å². The molecule has 5 nitrogen and oxygen atoms in total. The molecule has 0 bridgehead atoms. The zero-order valence-electron chi connectivity index (χ0n) is 16.1. The van der Waals surface area contributed by atoms with Crippen LogP contribution in [0.5, 0.6) is 0 Å². The Morgan fingerprint density at radius 1 is 1.11 bits per heavy atom. The summed E-state index contributed by atoms with van der Waals surface area (Å²) in [6.07, 6.45) is 3.73. The van der Waals surface area contributed by atoms with E-state index >= 15 is 0 Å². The largest absolute Gasteiger partial charge is 0.413 e. The van der Waals surface area contributed by atoms with Gasteiger partial charge in [-0.05, 0) is 59.9 Å². The van der Waals surface area contributed by atoms with Crippen LogP contribution in [0.1, 0.15) is 36.6 Å². The predicted molar refractivity (Wildman–Crippen MR) is 111 cm³/mol. The summed E-state index contributed by atoms with van der Waals surface area (Å²) in [5.41, 5.74) is 10.00. The molecule has 0 aliphatic heterocycles. The minimum absolute atomic E-state index is 0.0165. The zero-order valence-corrected chi connectivity index (χ0v) is 16.1. The van der Waals surface area contributed by atoms with E-state index in [1.54, 1.807) is 6.20 Å². The molecule has 0 amide bonds. The van der Waals surface area contributed by atoms with Gasteiger partial charge in [-0.3, -0.25) is 9.67 Å². The molecule has 2 aromatic carbocycles. The number of nitrogen functional groups attached to an aromatic ring is 1. The van der Waals surface area contributed by atoms with Gasteiger partial charge in [-0.1, -0.05) is 48.5 Å². The summed E-state index contributed by atoms with van der Waals surface area (Å²) in [5.74, 6) is 6.81. The van der Waals surface area contributed by atoms with Gasteiger partial charge < -0.3 is 10.7 Å². The molecule has 142 valence electrons. The van der Waals surface area contributed by atoms with Crippen LogP contribution < -0.4 is 16.8 Å². The van der Waals surface area contributed by atoms with Crippen molar-refractivity contribution in [3.63, 3.8) is 0 Å². The summed E-state index contributed by atoms with van der Waals surface area (Å²) >= 11 is 0. The third kappa shape index (κ3) is 3.32. The maximum atomic E-state index is 5.97. The molecule has 1 unspecified atom stereocenters. The summed E-state index contributed by atoms with van der Waals surface area (Å²) < 4.78 is 1.54. The smallest absolute Gasteiger partial charge is 0.146 e. The number of benzene rings is 2. The fourth-order valence-electron chi connectivity index (χ4n) is 3.55. The number of nitrogens with zero attached hydrogens (tertiary/aromatic N) is 2. The number of hydrogen-bond acceptors (Lipinski definition) is 4. The van der Waals surface area contributed by atoms with Gasteiger partial charge in [0, 0.05) is 6.20 Å². The van der Waals surface area contributed by atoms with Crippen molar-refractivity contribution in [1.29, 1.82) is 0 Å². The van der Waals surface area contributed by atoms with Crippen molar-refractivity contribution in [1.82, 2.24) is 10.2 Å². The lowest BCUT2D eigenvalue weighted by Crippen LogP contribution is -2.26. The Hall–Kier alpha value is -3.31. The average Bonchev–Trinajstić information content (AvgIpc) is 3.05. The molecule has 0 fully saturated rings. The van der Waals surface area contributed by atoms with Crippen LogP contribution in [-0.4, -0.2) is 4.68 Å². The van der Waals surface area contributed by atoms with Gasteiger partial charge in [-0.2, -0.15) is 0 Å². The van der Waals surface area contributed by atoms with Crippen molar-refractivity contribution in [2.75, 3.05) is 5.84 Å². The van der Waals surface area contributed by atoms with E-state index < -0.39 is 0 Å². The number of rotatable bonds is 5. The van der Waals surface area contributed by atoms with E-state index in [9.17, 15) is 0 Å². The molecule has 0 spiro atoms. The molecule has 0 radical (unpaired) electrons. The highest BCUT2D eigenvalue weighted by atomic mass is 16.6. The maximum absolute atomic E-state index is 5.97. The van der Waals surface area contributed by atoms with Gasteiger partial charge in [0.25, 0.3) is 0 Å². The molecule has 3 N–H and O–H groups in total. The van der Waals surface area contributed by atoms with Crippen LogP contribution in [0.2, 0.25) is 0 Å². The number of aromatic nitrogens is 1. The molecule has 5 heteroatoms. The molecule has 1 aliphatic rings. The number of nitrogens with two attached hydrogens (primary N) is 1. The third-order valence-corrected chi connectivity index (χ3v) is 5.06. The summed E-state index contributed by atoms with van der Waals surface area (Å²) in [5, 5.41) is 0. The number of fused-ring (bicyclic) bond motifs is 3. The molecule has 0 saturated carbocycles. The fourth-order valence-corrected chi connectivity index (χ4v) is 3.55. The summed E-state index contributed by atoms with van der Waals surface area (Å²) in [6, 6.07) is 20.5. The van der Waals surface area contributed by atoms with Crippen LogP contribution in [0.25, 0.3) is 11.1 Å². The van der Waals surface area contributed by atoms with Gasteiger partial charge in [-0.15, -0.1) is 5.48 Å². The lowest BCUT2D eigenvalue weighted by atomic mass is 9.99. The molecule has 1 aliphatic carbocycles. The second-order valence-electron chi connectivity index (χ2n) is 6.80. The highest BCUT2D eigenvalue weighted by molar-refractivity contribution is 5.81. The average molecular weight is 372 g/mol. The van der Waals surface area contributed by atoms with Crippen LogP contribution in [0.4, 0.5) is 0 Å². The van der Waals surface area contributed by atoms with E-state index in [0.29, 0.717) is 6.54 Å². The quantitative estimate of drug-likeness (QED) is 0.407. The van der Waals surface area contributed by atoms with Crippen molar-refractivity contribution in [2.45, 2.75) is 26.4 Å². The summed E-state index contributed by atoms with van der Waals surface area (Å²) in [4.78, 5) is 10.5. The molecule has 4 rings (SSSR count). The minimum atomic E-state index is -0.0165. The van der Waals surface area contributed by atoms with Crippen LogP contribution in [0.15, 0.2) is 83.7 Å². The van der Waals surface area contributed by atoms with Gasteiger partial charge in [-0.25, -0.2) is 0 Å². The van der Waals surface area contributed by atoms with Gasteiger partial charge in [0.15, 0.2) is 0 Å². The van der Waals surface area contributed by atoms with E-state index in [4.69, 9.17) is 15.7 Å². The number of hydroxylamine groups is 1. The minimum Gasteiger partial charge on any atom is -0.413 e. The predicted octanol–water partition coefficient (Wildman–Crippen LogP) is 3.82. The van der Waals surface area contributed by atoms with Crippen molar-refractivity contribution in [3.8, 4) is 11.1 Å². The molecule has 3 aromatic rings. The fraction of sp³-hybridized carbons (Fsp3) is 0.174. The first kappa shape index (κ1) is 18.1. The highest BCUT2D eigenvalue weighted by Gasteiger charge is 2.30. The Morgan fingerprint density at radius 2 is 1.89 bits per heavy atom. The SMILES string of the molecule is C/C=C(\C)ONC1c2ccccc2-c2c(CN=c3ccccn3N)cccc21. The summed E-state index contributed by atoms with van der Waals surface area (Å²) in [7, 11) is 0. The van der Waals surface area contributed by atoms with Gasteiger partial charge in [0.1, 0.15) is 11.2 Å². The molecular weight excluding hydrogens is 348 g/mol. The number of pyridine rings is 1. The van der Waals surface area contributed by atoms with E-state index in [1.165, 1.54) is 32.5 Å². The first-order valence-corrected chi connectivity index (χ1v) is 9.38. The Bertz CT molecular complexity index is 1100. The van der Waals surface area contributed by atoms with Crippen LogP contribution in [0.3, 0.4) is 0 Å². The van der Waals surface area contributed by atoms with E-state index in [-0.39, 0.29) is 6.04 Å². The standard InChI is InChI=1S/C23H24N4O/c1-3-16(2)28-26-23-19-11-5-4-10-18(19)22-17(9-8-12-20(22)23)15-25-21-13-6-7-14-27(21)24/h3-14,23,26H,15,24H2,1-2H3/b16-3+,25-21?. The van der Waals surface area contributed by atoms with Gasteiger partial charge in [0.05, 0.1) is 12.6 Å². The molecular formula is C23H24N4O. The highest BCUT2D eigenvalue weighted by Crippen LogP contribution is 2.45. The molecule has 28 heavy (non-hydrogen) atoms. The monoisotopic (exact) mass is 372 g/mol. The van der Waals surface area contributed by atoms with Crippen LogP contribution in [0, 0.1) is 0 Å². The molecule has 0 saturated heterocycles. The number of allylic oxidation sites excluding steroid dienone is 2. The number of hydrogen-bond donors (Lipinski definition) is 2. The van der Waals surface area contributed by atoms with E-state index in [1.807, 2.05) is 38.1 Å². The topological polar surface area (TPSA) is 64.6 Å². The lowest BCUT2D eigenvalue weighted by Gasteiger charge is -2.16. The number of nitrogens with one attached hydrogen (secondary N) is 1. The first-order chi connectivity index (χ1) is 13.7. The zero-order chi connectivity index (χ0) is 19.5. The Balaban J connectivity index is 1.75.